The van der Waals surface area contributed by atoms with Crippen molar-refractivity contribution < 1.29 is 50.7 Å². The maximum absolute atomic E-state index is 12.8. The summed E-state index contributed by atoms with van der Waals surface area (Å²) in [5.74, 6) is -4.52. The van der Waals surface area contributed by atoms with E-state index in [1.54, 1.807) is 30.3 Å². The van der Waals surface area contributed by atoms with Crippen molar-refractivity contribution >= 4 is 19.5 Å². The first-order valence-corrected chi connectivity index (χ1v) is 12.8. The summed E-state index contributed by atoms with van der Waals surface area (Å²) in [5.41, 5.74) is 0.694. The van der Waals surface area contributed by atoms with Gasteiger partial charge in [-0.1, -0.05) is 30.3 Å². The molecule has 0 spiro atoms. The lowest BCUT2D eigenvalue weighted by molar-refractivity contribution is -0.150. The first-order chi connectivity index (χ1) is 17.5. The Bertz CT molecular complexity index is 1360. The molecule has 1 aromatic carbocycles. The Hall–Kier alpha value is -3.67. The average molecular weight is 540 g/mol. The summed E-state index contributed by atoms with van der Waals surface area (Å²) in [6, 6.07) is 8.77. The minimum Gasteiger partial charge on any atom is -0.461 e. The zero-order chi connectivity index (χ0) is 27.0. The summed E-state index contributed by atoms with van der Waals surface area (Å²) in [5, 5.41) is 0. The summed E-state index contributed by atoms with van der Waals surface area (Å²) in [6.45, 7) is 1.87. The minimum atomic E-state index is -4.42. The highest BCUT2D eigenvalue weighted by molar-refractivity contribution is 7.52. The summed E-state index contributed by atoms with van der Waals surface area (Å²) in [7, 11) is -4.42. The largest absolute Gasteiger partial charge is 0.519 e. The molecular weight excluding hydrogens is 515 g/mol. The van der Waals surface area contributed by atoms with Gasteiger partial charge in [0, 0.05) is 6.42 Å². The highest BCUT2D eigenvalue weighted by atomic mass is 31.2. The van der Waals surface area contributed by atoms with Gasteiger partial charge < -0.3 is 36.6 Å². The third-order valence-corrected chi connectivity index (χ3v) is 6.57. The molecule has 37 heavy (non-hydrogen) atoms. The summed E-state index contributed by atoms with van der Waals surface area (Å²) < 4.78 is 46.9. The van der Waals surface area contributed by atoms with E-state index >= 15 is 0 Å². The lowest BCUT2D eigenvalue weighted by Crippen LogP contribution is -2.23. The van der Waals surface area contributed by atoms with E-state index in [1.165, 1.54) is 13.8 Å². The molecule has 0 radical (unpaired) electrons. The van der Waals surface area contributed by atoms with Gasteiger partial charge in [-0.05, 0) is 25.8 Å². The van der Waals surface area contributed by atoms with Crippen LogP contribution >= 0.6 is 7.60 Å². The quantitative estimate of drug-likeness (QED) is 0.246. The van der Waals surface area contributed by atoms with Gasteiger partial charge >= 0.3 is 31.2 Å². The molecule has 0 bridgehead atoms. The number of ether oxygens (including phenoxy) is 2. The van der Waals surface area contributed by atoms with E-state index in [-0.39, 0.29) is 49.1 Å². The molecule has 0 aliphatic heterocycles. The second-order valence-electron chi connectivity index (χ2n) is 7.95. The van der Waals surface area contributed by atoms with E-state index in [2.05, 4.69) is 8.83 Å². The van der Waals surface area contributed by atoms with Gasteiger partial charge in [0.1, 0.15) is 19.0 Å². The van der Waals surface area contributed by atoms with Crippen molar-refractivity contribution in [1.29, 1.82) is 0 Å². The van der Waals surface area contributed by atoms with Crippen LogP contribution in [0.1, 0.15) is 41.4 Å². The molecule has 2 atom stereocenters. The van der Waals surface area contributed by atoms with Crippen molar-refractivity contribution in [3.05, 3.63) is 80.2 Å². The summed E-state index contributed by atoms with van der Waals surface area (Å²) >= 11 is 0. The van der Waals surface area contributed by atoms with Crippen molar-refractivity contribution in [2.45, 2.75) is 46.5 Å². The molecule has 3 aromatic rings. The molecule has 0 fully saturated rings. The van der Waals surface area contributed by atoms with Crippen molar-refractivity contribution in [3.8, 4) is 0 Å². The number of carbonyl (C=O) groups is 2. The third kappa shape index (κ3) is 8.74. The summed E-state index contributed by atoms with van der Waals surface area (Å²) in [4.78, 5) is 57.6. The predicted molar refractivity (Wildman–Crippen MR) is 122 cm³/mol. The van der Waals surface area contributed by atoms with Gasteiger partial charge in [-0.25, -0.2) is 9.59 Å². The third-order valence-electron chi connectivity index (χ3n) is 5.14. The molecule has 200 valence electrons. The molecule has 0 amide bonds. The Morgan fingerprint density at radius 2 is 1.49 bits per heavy atom. The fraction of sp³-hybridized carbons (Fsp3) is 0.391. The van der Waals surface area contributed by atoms with E-state index in [4.69, 9.17) is 22.8 Å². The number of rotatable bonds is 13. The molecular formula is C23H25O13P. The van der Waals surface area contributed by atoms with E-state index in [1.807, 2.05) is 0 Å². The topological polar surface area (TPSA) is 186 Å². The Balaban J connectivity index is 1.61. The Labute approximate surface area is 209 Å². The minimum absolute atomic E-state index is 0.0339. The lowest BCUT2D eigenvalue weighted by atomic mass is 10.1. The number of hydrogen-bond acceptors (Lipinski definition) is 12. The monoisotopic (exact) mass is 540 g/mol. The highest BCUT2D eigenvalue weighted by Crippen LogP contribution is 2.46. The fourth-order valence-electron chi connectivity index (χ4n) is 3.14. The molecule has 14 heteroatoms. The maximum Gasteiger partial charge on any atom is 0.519 e. The van der Waals surface area contributed by atoms with Crippen LogP contribution in [-0.2, 0) is 48.0 Å². The molecule has 2 heterocycles. The van der Waals surface area contributed by atoms with E-state index in [0.29, 0.717) is 5.56 Å². The van der Waals surface area contributed by atoms with Gasteiger partial charge in [0.2, 0.25) is 0 Å². The standard InChI is InChI=1S/C23H25O13P/c1-14-18(35-22(26)33-14)11-30-20(24)9-8-17(21(25)31-10-16-6-4-3-5-7-16)13-37(28,29)32-12-19-15(2)34-23(27)36-19/h3-7,17H,8-13H2,1-2H3,(H,28,29)/t17-/m1/s1. The van der Waals surface area contributed by atoms with Crippen LogP contribution in [0.4, 0.5) is 0 Å². The first kappa shape index (κ1) is 27.9. The van der Waals surface area contributed by atoms with Gasteiger partial charge in [-0.15, -0.1) is 0 Å². The molecule has 0 saturated heterocycles. The number of carbonyl (C=O) groups excluding carboxylic acids is 2. The van der Waals surface area contributed by atoms with Gasteiger partial charge in [-0.2, -0.15) is 0 Å². The second-order valence-corrected chi connectivity index (χ2v) is 9.85. The molecule has 0 aliphatic carbocycles. The van der Waals surface area contributed by atoms with Gasteiger partial charge in [0.25, 0.3) is 0 Å². The van der Waals surface area contributed by atoms with Crippen molar-refractivity contribution in [1.82, 2.24) is 0 Å². The number of hydrogen-bond donors (Lipinski definition) is 1. The molecule has 0 saturated carbocycles. The Morgan fingerprint density at radius 3 is 2.05 bits per heavy atom. The number of benzene rings is 1. The van der Waals surface area contributed by atoms with Crippen LogP contribution in [0.25, 0.3) is 0 Å². The zero-order valence-electron chi connectivity index (χ0n) is 20.0. The Morgan fingerprint density at radius 1 is 0.892 bits per heavy atom. The van der Waals surface area contributed by atoms with Crippen LogP contribution in [-0.4, -0.2) is 23.0 Å². The molecule has 3 rings (SSSR count). The van der Waals surface area contributed by atoms with E-state index in [0.717, 1.165) is 0 Å². The molecule has 0 aliphatic rings. The summed E-state index contributed by atoms with van der Waals surface area (Å²) in [6.07, 6.45) is -1.19. The van der Waals surface area contributed by atoms with Gasteiger partial charge in [0.15, 0.2) is 23.9 Å². The molecule has 2 aromatic heterocycles. The lowest BCUT2D eigenvalue weighted by Gasteiger charge is -2.19. The Kier molecular flexibility index (Phi) is 9.45. The van der Waals surface area contributed by atoms with E-state index < -0.39 is 49.9 Å². The predicted octanol–water partition coefficient (Wildman–Crippen LogP) is 2.98. The van der Waals surface area contributed by atoms with Crippen LogP contribution in [0, 0.1) is 19.8 Å². The van der Waals surface area contributed by atoms with Crippen molar-refractivity contribution in [2.75, 3.05) is 6.16 Å². The van der Waals surface area contributed by atoms with Crippen molar-refractivity contribution in [2.24, 2.45) is 5.92 Å². The zero-order valence-corrected chi connectivity index (χ0v) is 20.9. The van der Waals surface area contributed by atoms with E-state index in [9.17, 15) is 28.6 Å². The number of aryl methyl sites for hydroxylation is 2. The number of esters is 2. The smallest absolute Gasteiger partial charge is 0.461 e. The fourth-order valence-corrected chi connectivity index (χ4v) is 4.46. The van der Waals surface area contributed by atoms with Crippen molar-refractivity contribution in [3.63, 3.8) is 0 Å². The second kappa shape index (κ2) is 12.5. The van der Waals surface area contributed by atoms with Crippen LogP contribution in [0.3, 0.4) is 0 Å². The van der Waals surface area contributed by atoms with Crippen LogP contribution in [0.15, 0.2) is 57.6 Å². The van der Waals surface area contributed by atoms with Crippen LogP contribution in [0.5, 0.6) is 0 Å². The van der Waals surface area contributed by atoms with Gasteiger partial charge in [0.05, 0.1) is 12.1 Å². The maximum atomic E-state index is 12.8. The van der Waals surface area contributed by atoms with Gasteiger partial charge in [-0.3, -0.25) is 14.2 Å². The molecule has 1 N–H and O–H groups in total. The highest BCUT2D eigenvalue weighted by Gasteiger charge is 2.32. The van der Waals surface area contributed by atoms with Crippen LogP contribution < -0.4 is 11.6 Å². The first-order valence-electron chi connectivity index (χ1n) is 11.0. The molecule has 13 nitrogen and oxygen atoms in total. The average Bonchev–Trinajstić information content (AvgIpc) is 3.36. The van der Waals surface area contributed by atoms with Crippen LogP contribution in [0.2, 0.25) is 0 Å². The SMILES string of the molecule is Cc1oc(=O)oc1COC(=O)CC[C@H](CP(=O)(O)OCc1oc(=O)oc1C)C(=O)OCc1ccccc1. The normalized spacial score (nSPS) is 13.6. The molecule has 1 unspecified atom stereocenters.